The average molecular weight is 171 g/mol. The standard InChI is InChI=1S/C10H21NO/c1-8(2)11(3)7-9-5-4-6-10(9)12/h8-10,12H,4-7H2,1-3H3. The minimum atomic E-state index is -0.0359. The Morgan fingerprint density at radius 2 is 2.08 bits per heavy atom. The third-order valence-electron chi connectivity index (χ3n) is 3.02. The first-order chi connectivity index (χ1) is 5.61. The van der Waals surface area contributed by atoms with Gasteiger partial charge in [-0.15, -0.1) is 0 Å². The minimum absolute atomic E-state index is 0.0359. The zero-order chi connectivity index (χ0) is 9.14. The van der Waals surface area contributed by atoms with Crippen LogP contribution >= 0.6 is 0 Å². The van der Waals surface area contributed by atoms with Crippen LogP contribution in [-0.2, 0) is 0 Å². The predicted molar refractivity (Wildman–Crippen MR) is 51.1 cm³/mol. The van der Waals surface area contributed by atoms with Gasteiger partial charge >= 0.3 is 0 Å². The normalized spacial score (nSPS) is 30.5. The molecule has 0 heterocycles. The molecule has 0 saturated heterocycles. The van der Waals surface area contributed by atoms with Crippen LogP contribution in [0.5, 0.6) is 0 Å². The van der Waals surface area contributed by atoms with Gasteiger partial charge in [0.25, 0.3) is 0 Å². The fraction of sp³-hybridized carbons (Fsp3) is 1.00. The van der Waals surface area contributed by atoms with Gasteiger partial charge in [-0.25, -0.2) is 0 Å². The van der Waals surface area contributed by atoms with Gasteiger partial charge in [-0.3, -0.25) is 0 Å². The molecule has 1 N–H and O–H groups in total. The van der Waals surface area contributed by atoms with E-state index in [0.29, 0.717) is 12.0 Å². The SMILES string of the molecule is CC(C)N(C)CC1CCCC1O. The molecule has 1 rings (SSSR count). The van der Waals surface area contributed by atoms with E-state index in [2.05, 4.69) is 25.8 Å². The van der Waals surface area contributed by atoms with Gasteiger partial charge in [0.05, 0.1) is 6.10 Å². The van der Waals surface area contributed by atoms with Gasteiger partial charge in [0.1, 0.15) is 0 Å². The first-order valence-corrected chi connectivity index (χ1v) is 4.99. The first kappa shape index (κ1) is 10.0. The lowest BCUT2D eigenvalue weighted by molar-refractivity contribution is 0.101. The second-order valence-electron chi connectivity index (χ2n) is 4.29. The lowest BCUT2D eigenvalue weighted by atomic mass is 10.1. The summed E-state index contributed by atoms with van der Waals surface area (Å²) in [6.07, 6.45) is 3.39. The molecule has 2 unspecified atom stereocenters. The summed E-state index contributed by atoms with van der Waals surface area (Å²) in [4.78, 5) is 2.32. The lowest BCUT2D eigenvalue weighted by Crippen LogP contribution is -2.34. The smallest absolute Gasteiger partial charge is 0.0580 e. The Kier molecular flexibility index (Phi) is 3.53. The number of aliphatic hydroxyl groups is 1. The van der Waals surface area contributed by atoms with E-state index >= 15 is 0 Å². The Hall–Kier alpha value is -0.0800. The van der Waals surface area contributed by atoms with Gasteiger partial charge in [0.15, 0.2) is 0 Å². The van der Waals surface area contributed by atoms with Crippen molar-refractivity contribution >= 4 is 0 Å². The predicted octanol–water partition coefficient (Wildman–Crippen LogP) is 1.49. The molecule has 1 aliphatic rings. The van der Waals surface area contributed by atoms with Crippen molar-refractivity contribution in [2.24, 2.45) is 5.92 Å². The fourth-order valence-corrected chi connectivity index (χ4v) is 1.81. The molecule has 1 aliphatic carbocycles. The summed E-state index contributed by atoms with van der Waals surface area (Å²) in [6.45, 7) is 5.45. The van der Waals surface area contributed by atoms with E-state index < -0.39 is 0 Å². The molecule has 0 aromatic carbocycles. The van der Waals surface area contributed by atoms with Gasteiger partial charge < -0.3 is 10.0 Å². The molecule has 2 nitrogen and oxygen atoms in total. The first-order valence-electron chi connectivity index (χ1n) is 4.99. The van der Waals surface area contributed by atoms with Crippen LogP contribution in [0.2, 0.25) is 0 Å². The molecule has 0 aromatic heterocycles. The second-order valence-corrected chi connectivity index (χ2v) is 4.29. The Morgan fingerprint density at radius 1 is 1.42 bits per heavy atom. The summed E-state index contributed by atoms with van der Waals surface area (Å²) < 4.78 is 0. The second kappa shape index (κ2) is 4.24. The zero-order valence-electron chi connectivity index (χ0n) is 8.45. The van der Waals surface area contributed by atoms with Crippen molar-refractivity contribution in [2.75, 3.05) is 13.6 Å². The maximum absolute atomic E-state index is 9.59. The highest BCUT2D eigenvalue weighted by atomic mass is 16.3. The minimum Gasteiger partial charge on any atom is -0.393 e. The number of aliphatic hydroxyl groups excluding tert-OH is 1. The molecular formula is C10H21NO. The van der Waals surface area contributed by atoms with Crippen LogP contribution < -0.4 is 0 Å². The third-order valence-corrected chi connectivity index (χ3v) is 3.02. The molecule has 1 fully saturated rings. The highest BCUT2D eigenvalue weighted by Crippen LogP contribution is 2.26. The van der Waals surface area contributed by atoms with Crippen molar-refractivity contribution in [3.63, 3.8) is 0 Å². The van der Waals surface area contributed by atoms with Gasteiger partial charge in [0.2, 0.25) is 0 Å². The van der Waals surface area contributed by atoms with Gasteiger partial charge in [0, 0.05) is 12.6 Å². The quantitative estimate of drug-likeness (QED) is 0.695. The maximum atomic E-state index is 9.59. The van der Waals surface area contributed by atoms with E-state index in [0.717, 1.165) is 13.0 Å². The topological polar surface area (TPSA) is 23.5 Å². The molecule has 0 spiro atoms. The Morgan fingerprint density at radius 3 is 2.50 bits per heavy atom. The van der Waals surface area contributed by atoms with Crippen molar-refractivity contribution in [3.8, 4) is 0 Å². The summed E-state index contributed by atoms with van der Waals surface area (Å²) in [7, 11) is 2.13. The van der Waals surface area contributed by atoms with Crippen LogP contribution in [0, 0.1) is 5.92 Å². The molecule has 2 atom stereocenters. The van der Waals surface area contributed by atoms with Gasteiger partial charge in [-0.2, -0.15) is 0 Å². The van der Waals surface area contributed by atoms with Gasteiger partial charge in [-0.1, -0.05) is 6.42 Å². The summed E-state index contributed by atoms with van der Waals surface area (Å²) in [6, 6.07) is 0.595. The van der Waals surface area contributed by atoms with E-state index in [1.807, 2.05) is 0 Å². The number of rotatable bonds is 3. The van der Waals surface area contributed by atoms with E-state index in [4.69, 9.17) is 0 Å². The number of hydrogen-bond donors (Lipinski definition) is 1. The van der Waals surface area contributed by atoms with Crippen LogP contribution in [-0.4, -0.2) is 35.7 Å². The monoisotopic (exact) mass is 171 g/mol. The Bertz CT molecular complexity index is 136. The molecule has 12 heavy (non-hydrogen) atoms. The molecule has 0 aromatic rings. The summed E-state index contributed by atoms with van der Waals surface area (Å²) in [5.74, 6) is 0.525. The van der Waals surface area contributed by atoms with Crippen LogP contribution in [0.1, 0.15) is 33.1 Å². The molecule has 0 bridgehead atoms. The van der Waals surface area contributed by atoms with E-state index in [1.165, 1.54) is 12.8 Å². The van der Waals surface area contributed by atoms with Gasteiger partial charge in [-0.05, 0) is 39.7 Å². The van der Waals surface area contributed by atoms with Crippen LogP contribution in [0.4, 0.5) is 0 Å². The van der Waals surface area contributed by atoms with Crippen LogP contribution in [0.3, 0.4) is 0 Å². The zero-order valence-corrected chi connectivity index (χ0v) is 8.45. The summed E-state index contributed by atoms with van der Waals surface area (Å²) in [5, 5.41) is 9.59. The molecule has 0 amide bonds. The van der Waals surface area contributed by atoms with Crippen LogP contribution in [0.15, 0.2) is 0 Å². The maximum Gasteiger partial charge on any atom is 0.0580 e. The van der Waals surface area contributed by atoms with E-state index in [1.54, 1.807) is 0 Å². The average Bonchev–Trinajstić information content (AvgIpc) is 2.36. The summed E-state index contributed by atoms with van der Waals surface area (Å²) in [5.41, 5.74) is 0. The third kappa shape index (κ3) is 2.46. The van der Waals surface area contributed by atoms with Crippen molar-refractivity contribution in [1.82, 2.24) is 4.90 Å². The van der Waals surface area contributed by atoms with Crippen LogP contribution in [0.25, 0.3) is 0 Å². The molecule has 0 aliphatic heterocycles. The van der Waals surface area contributed by atoms with Crippen molar-refractivity contribution in [2.45, 2.75) is 45.3 Å². The molecular weight excluding hydrogens is 150 g/mol. The number of nitrogens with zero attached hydrogens (tertiary/aromatic N) is 1. The lowest BCUT2D eigenvalue weighted by Gasteiger charge is -2.26. The number of hydrogen-bond acceptors (Lipinski definition) is 2. The molecule has 1 saturated carbocycles. The Labute approximate surface area is 75.6 Å². The van der Waals surface area contributed by atoms with Crippen molar-refractivity contribution < 1.29 is 5.11 Å². The Balaban J connectivity index is 2.30. The van der Waals surface area contributed by atoms with E-state index in [9.17, 15) is 5.11 Å². The largest absolute Gasteiger partial charge is 0.393 e. The van der Waals surface area contributed by atoms with Crippen molar-refractivity contribution in [1.29, 1.82) is 0 Å². The molecule has 72 valence electrons. The highest BCUT2D eigenvalue weighted by molar-refractivity contribution is 4.79. The summed E-state index contributed by atoms with van der Waals surface area (Å²) >= 11 is 0. The molecule has 2 heteroatoms. The van der Waals surface area contributed by atoms with Crippen molar-refractivity contribution in [3.05, 3.63) is 0 Å². The fourth-order valence-electron chi connectivity index (χ4n) is 1.81. The molecule has 0 radical (unpaired) electrons. The van der Waals surface area contributed by atoms with E-state index in [-0.39, 0.29) is 6.10 Å². The highest BCUT2D eigenvalue weighted by Gasteiger charge is 2.26.